The molecule has 5 heteroatoms. The van der Waals surface area contributed by atoms with Crippen LogP contribution >= 0.6 is 0 Å². The van der Waals surface area contributed by atoms with E-state index in [4.69, 9.17) is 4.74 Å². The van der Waals surface area contributed by atoms with Crippen molar-refractivity contribution in [1.82, 2.24) is 0 Å². The van der Waals surface area contributed by atoms with Crippen LogP contribution in [0.25, 0.3) is 0 Å². The fraction of sp³-hybridized carbons (Fsp3) is 0.357. The number of sulfone groups is 1. The van der Waals surface area contributed by atoms with Gasteiger partial charge in [0, 0.05) is 11.3 Å². The van der Waals surface area contributed by atoms with Crippen molar-refractivity contribution >= 4 is 15.8 Å². The van der Waals surface area contributed by atoms with E-state index in [1.165, 1.54) is 5.41 Å². The Morgan fingerprint density at radius 3 is 2.63 bits per heavy atom. The highest BCUT2D eigenvalue weighted by molar-refractivity contribution is 7.94. The van der Waals surface area contributed by atoms with E-state index >= 15 is 0 Å². The van der Waals surface area contributed by atoms with Gasteiger partial charge >= 0.3 is 5.97 Å². The van der Waals surface area contributed by atoms with E-state index in [2.05, 4.69) is 0 Å². The maximum Gasteiger partial charge on any atom is 0.311 e. The average molecular weight is 280 g/mol. The van der Waals surface area contributed by atoms with Crippen LogP contribution in [0.1, 0.15) is 17.5 Å². The molecule has 4 nitrogen and oxygen atoms in total. The lowest BCUT2D eigenvalue weighted by molar-refractivity contribution is -0.134. The van der Waals surface area contributed by atoms with Crippen molar-refractivity contribution in [3.63, 3.8) is 0 Å². The van der Waals surface area contributed by atoms with Crippen molar-refractivity contribution < 1.29 is 17.9 Å². The van der Waals surface area contributed by atoms with E-state index in [0.29, 0.717) is 5.75 Å². The van der Waals surface area contributed by atoms with Crippen LogP contribution in [0.15, 0.2) is 29.7 Å². The van der Waals surface area contributed by atoms with Crippen LogP contribution in [-0.4, -0.2) is 20.1 Å². The summed E-state index contributed by atoms with van der Waals surface area (Å²) in [6.45, 7) is 3.92. The van der Waals surface area contributed by atoms with Crippen LogP contribution in [0, 0.1) is 19.8 Å². The predicted molar refractivity (Wildman–Crippen MR) is 72.6 cm³/mol. The van der Waals surface area contributed by atoms with Gasteiger partial charge in [0.05, 0.1) is 12.2 Å². The molecule has 0 aliphatic carbocycles. The van der Waals surface area contributed by atoms with Gasteiger partial charge in [0.25, 0.3) is 0 Å². The van der Waals surface area contributed by atoms with Crippen molar-refractivity contribution in [2.75, 3.05) is 5.75 Å². The van der Waals surface area contributed by atoms with Crippen LogP contribution in [0.3, 0.4) is 0 Å². The normalized spacial score (nSPS) is 20.4. The van der Waals surface area contributed by atoms with Gasteiger partial charge in [0.2, 0.25) is 0 Å². The number of benzene rings is 1. The van der Waals surface area contributed by atoms with Gasteiger partial charge in [0.1, 0.15) is 5.75 Å². The maximum absolute atomic E-state index is 11.7. The summed E-state index contributed by atoms with van der Waals surface area (Å²) in [7, 11) is -3.11. The van der Waals surface area contributed by atoms with E-state index in [9.17, 15) is 13.2 Å². The van der Waals surface area contributed by atoms with E-state index in [0.717, 1.165) is 11.1 Å². The second-order valence-corrected chi connectivity index (χ2v) is 6.77. The Morgan fingerprint density at radius 2 is 2.05 bits per heavy atom. The number of esters is 1. The largest absolute Gasteiger partial charge is 0.427 e. The molecule has 0 radical (unpaired) electrons. The number of allylic oxidation sites excluding steroid dienone is 1. The molecular weight excluding hydrogens is 264 g/mol. The van der Waals surface area contributed by atoms with Gasteiger partial charge in [-0.2, -0.15) is 0 Å². The molecule has 0 amide bonds. The van der Waals surface area contributed by atoms with Gasteiger partial charge in [-0.25, -0.2) is 8.42 Å². The maximum atomic E-state index is 11.7. The van der Waals surface area contributed by atoms with Crippen molar-refractivity contribution in [3.8, 4) is 5.75 Å². The summed E-state index contributed by atoms with van der Waals surface area (Å²) in [4.78, 5) is 11.7. The number of carbonyl (C=O) groups is 1. The molecule has 0 aromatic heterocycles. The number of ether oxygens (including phenoxy) is 1. The Kier molecular flexibility index (Phi) is 3.75. The van der Waals surface area contributed by atoms with Gasteiger partial charge in [0.15, 0.2) is 9.84 Å². The Hall–Kier alpha value is -1.62. The van der Waals surface area contributed by atoms with Crippen LogP contribution < -0.4 is 4.74 Å². The zero-order chi connectivity index (χ0) is 14.0. The van der Waals surface area contributed by atoms with Gasteiger partial charge in [-0.1, -0.05) is 12.1 Å². The third-order valence-corrected chi connectivity index (χ3v) is 4.61. The first-order valence-corrected chi connectivity index (χ1v) is 7.76. The molecule has 0 unspecified atom stereocenters. The molecule has 1 aliphatic rings. The molecule has 1 heterocycles. The highest BCUT2D eigenvalue weighted by Crippen LogP contribution is 2.21. The van der Waals surface area contributed by atoms with Crippen LogP contribution in [0.5, 0.6) is 5.75 Å². The molecule has 0 spiro atoms. The first-order chi connectivity index (χ1) is 8.85. The summed E-state index contributed by atoms with van der Waals surface area (Å²) in [5.74, 6) is -0.188. The van der Waals surface area contributed by atoms with Crippen molar-refractivity contribution in [2.45, 2.75) is 20.3 Å². The Morgan fingerprint density at radius 1 is 1.32 bits per heavy atom. The summed E-state index contributed by atoms with van der Waals surface area (Å²) in [6, 6.07) is 5.42. The third kappa shape index (κ3) is 3.67. The van der Waals surface area contributed by atoms with Crippen LogP contribution in [-0.2, 0) is 14.6 Å². The standard InChI is InChI=1S/C14H16O4S/c1-10-3-4-13(7-11(10)2)18-14(15)8-12-5-6-19(16,17)9-12/h3-7,12H,8-9H2,1-2H3/t12-/m1/s1. The molecule has 2 rings (SSSR count). The van der Waals surface area contributed by atoms with Crippen molar-refractivity contribution in [3.05, 3.63) is 40.8 Å². The third-order valence-electron chi connectivity index (χ3n) is 3.14. The average Bonchev–Trinajstić information content (AvgIpc) is 2.63. The summed E-state index contributed by atoms with van der Waals surface area (Å²) >= 11 is 0. The fourth-order valence-electron chi connectivity index (χ4n) is 1.93. The Bertz CT molecular complexity index is 629. The van der Waals surface area contributed by atoms with Gasteiger partial charge in [-0.05, 0) is 37.1 Å². The minimum absolute atomic E-state index is 0.00493. The zero-order valence-corrected chi connectivity index (χ0v) is 11.7. The highest BCUT2D eigenvalue weighted by atomic mass is 32.2. The number of carbonyl (C=O) groups excluding carboxylic acids is 1. The second kappa shape index (κ2) is 5.17. The summed E-state index contributed by atoms with van der Waals surface area (Å²) in [5.41, 5.74) is 2.18. The van der Waals surface area contributed by atoms with Gasteiger partial charge in [-0.3, -0.25) is 4.79 Å². The first-order valence-electron chi connectivity index (χ1n) is 6.04. The molecule has 1 aromatic rings. The Balaban J connectivity index is 1.95. The zero-order valence-electron chi connectivity index (χ0n) is 10.9. The van der Waals surface area contributed by atoms with Crippen LogP contribution in [0.4, 0.5) is 0 Å². The summed E-state index contributed by atoms with van der Waals surface area (Å²) < 4.78 is 27.7. The number of hydrogen-bond donors (Lipinski definition) is 0. The lowest BCUT2D eigenvalue weighted by Crippen LogP contribution is -2.15. The molecule has 19 heavy (non-hydrogen) atoms. The monoisotopic (exact) mass is 280 g/mol. The van der Waals surface area contributed by atoms with Crippen LogP contribution in [0.2, 0.25) is 0 Å². The summed E-state index contributed by atoms with van der Waals surface area (Å²) in [6.07, 6.45) is 1.64. The van der Waals surface area contributed by atoms with Crippen molar-refractivity contribution in [1.29, 1.82) is 0 Å². The molecule has 0 bridgehead atoms. The number of aryl methyl sites for hydroxylation is 2. The minimum Gasteiger partial charge on any atom is -0.427 e. The highest BCUT2D eigenvalue weighted by Gasteiger charge is 2.24. The molecule has 1 atom stereocenters. The smallest absolute Gasteiger partial charge is 0.311 e. The van der Waals surface area contributed by atoms with Gasteiger partial charge in [-0.15, -0.1) is 0 Å². The SMILES string of the molecule is Cc1ccc(OC(=O)C[C@H]2C=CS(=O)(=O)C2)cc1C. The Labute approximate surface area is 113 Å². The lowest BCUT2D eigenvalue weighted by Gasteiger charge is -2.08. The van der Waals surface area contributed by atoms with E-state index in [-0.39, 0.29) is 18.1 Å². The molecule has 0 fully saturated rings. The fourth-order valence-corrected chi connectivity index (χ4v) is 3.33. The van der Waals surface area contributed by atoms with E-state index < -0.39 is 15.8 Å². The van der Waals surface area contributed by atoms with Gasteiger partial charge < -0.3 is 4.74 Å². The van der Waals surface area contributed by atoms with Crippen molar-refractivity contribution in [2.24, 2.45) is 5.92 Å². The molecular formula is C14H16O4S. The lowest BCUT2D eigenvalue weighted by atomic mass is 10.1. The van der Waals surface area contributed by atoms with E-state index in [1.54, 1.807) is 18.2 Å². The molecule has 1 aromatic carbocycles. The number of hydrogen-bond acceptors (Lipinski definition) is 4. The van der Waals surface area contributed by atoms with E-state index in [1.807, 2.05) is 19.9 Å². The predicted octanol–water partition coefficient (Wildman–Crippen LogP) is 2.16. The summed E-state index contributed by atoms with van der Waals surface area (Å²) in [5, 5.41) is 1.17. The molecule has 0 saturated heterocycles. The number of rotatable bonds is 3. The second-order valence-electron chi connectivity index (χ2n) is 4.84. The quantitative estimate of drug-likeness (QED) is 0.629. The molecule has 0 saturated carbocycles. The minimum atomic E-state index is -3.11. The molecule has 0 N–H and O–H groups in total. The molecule has 102 valence electrons. The molecule has 1 aliphatic heterocycles. The first kappa shape index (κ1) is 13.8. The topological polar surface area (TPSA) is 60.4 Å².